The van der Waals surface area contributed by atoms with Crippen LogP contribution >= 0.6 is 0 Å². The van der Waals surface area contributed by atoms with Crippen molar-refractivity contribution in [1.29, 1.82) is 0 Å². The number of carbonyl (C=O) groups is 1. The summed E-state index contributed by atoms with van der Waals surface area (Å²) in [7, 11) is 3.51. The second-order valence-corrected chi connectivity index (χ2v) is 6.11. The molecule has 0 aromatic heterocycles. The molecule has 20 heavy (non-hydrogen) atoms. The molecule has 0 aliphatic carbocycles. The molecule has 0 aliphatic rings. The largest absolute Gasteiger partial charge is 0.397 e. The summed E-state index contributed by atoms with van der Waals surface area (Å²) in [4.78, 5) is 15.9. The summed E-state index contributed by atoms with van der Waals surface area (Å²) >= 11 is 0. The average Bonchev–Trinajstić information content (AvgIpc) is 2.35. The molecule has 0 fully saturated rings. The van der Waals surface area contributed by atoms with Crippen molar-refractivity contribution in [3.8, 4) is 0 Å². The lowest BCUT2D eigenvalue weighted by atomic mass is 10.1. The highest BCUT2D eigenvalue weighted by molar-refractivity contribution is 5.96. The van der Waals surface area contributed by atoms with Crippen LogP contribution in [0.1, 0.15) is 38.1 Å². The smallest absolute Gasteiger partial charge is 0.253 e. The van der Waals surface area contributed by atoms with Gasteiger partial charge >= 0.3 is 0 Å². The first-order chi connectivity index (χ1) is 9.23. The van der Waals surface area contributed by atoms with Gasteiger partial charge in [0.2, 0.25) is 0 Å². The van der Waals surface area contributed by atoms with E-state index in [-0.39, 0.29) is 5.91 Å². The third-order valence-electron chi connectivity index (χ3n) is 3.18. The number of anilines is 2. The van der Waals surface area contributed by atoms with Crippen molar-refractivity contribution in [2.45, 2.75) is 33.7 Å². The molecular formula is C16H27N3O. The van der Waals surface area contributed by atoms with E-state index < -0.39 is 0 Å². The minimum absolute atomic E-state index is 0.000460. The van der Waals surface area contributed by atoms with Crippen molar-refractivity contribution in [3.05, 3.63) is 23.8 Å². The van der Waals surface area contributed by atoms with E-state index in [1.807, 2.05) is 12.1 Å². The van der Waals surface area contributed by atoms with Crippen LogP contribution in [0.2, 0.25) is 0 Å². The second kappa shape index (κ2) is 6.64. The van der Waals surface area contributed by atoms with Gasteiger partial charge in [-0.05, 0) is 38.0 Å². The predicted octanol–water partition coefficient (Wildman–Crippen LogP) is 2.84. The zero-order valence-corrected chi connectivity index (χ0v) is 13.5. The minimum Gasteiger partial charge on any atom is -0.397 e. The topological polar surface area (TPSA) is 49.6 Å². The number of nitrogens with two attached hydrogens (primary N) is 1. The fraction of sp³-hybridized carbons (Fsp3) is 0.562. The third-order valence-corrected chi connectivity index (χ3v) is 3.18. The van der Waals surface area contributed by atoms with E-state index in [1.54, 1.807) is 25.1 Å². The molecule has 0 aliphatic heterocycles. The fourth-order valence-corrected chi connectivity index (χ4v) is 2.16. The Morgan fingerprint density at radius 2 is 1.80 bits per heavy atom. The Balaban J connectivity index is 3.20. The SMILES string of the molecule is CC(C)CN(c1cc(C(=O)N(C)C)ccc1N)C(C)C. The lowest BCUT2D eigenvalue weighted by Crippen LogP contribution is -2.35. The van der Waals surface area contributed by atoms with Gasteiger partial charge in [-0.15, -0.1) is 0 Å². The Bertz CT molecular complexity index is 467. The number of rotatable bonds is 5. The standard InChI is InChI=1S/C16H27N3O/c1-11(2)10-19(12(3)4)15-9-13(7-8-14(15)17)16(20)18(5)6/h7-9,11-12H,10,17H2,1-6H3. The average molecular weight is 277 g/mol. The van der Waals surface area contributed by atoms with E-state index in [1.165, 1.54) is 0 Å². The van der Waals surface area contributed by atoms with Crippen LogP contribution in [0.25, 0.3) is 0 Å². The molecule has 4 heteroatoms. The van der Waals surface area contributed by atoms with Crippen LogP contribution in [-0.2, 0) is 0 Å². The van der Waals surface area contributed by atoms with Crippen LogP contribution in [0.5, 0.6) is 0 Å². The fourth-order valence-electron chi connectivity index (χ4n) is 2.16. The van der Waals surface area contributed by atoms with Gasteiger partial charge in [0.25, 0.3) is 5.91 Å². The molecule has 4 nitrogen and oxygen atoms in total. The van der Waals surface area contributed by atoms with Crippen LogP contribution in [0, 0.1) is 5.92 Å². The Kier molecular flexibility index (Phi) is 5.43. The van der Waals surface area contributed by atoms with Gasteiger partial charge in [-0.25, -0.2) is 0 Å². The summed E-state index contributed by atoms with van der Waals surface area (Å²) in [6.45, 7) is 9.56. The Hall–Kier alpha value is -1.71. The van der Waals surface area contributed by atoms with Crippen LogP contribution in [-0.4, -0.2) is 37.5 Å². The van der Waals surface area contributed by atoms with Gasteiger partial charge in [-0.3, -0.25) is 4.79 Å². The van der Waals surface area contributed by atoms with Crippen LogP contribution in [0.15, 0.2) is 18.2 Å². The highest BCUT2D eigenvalue weighted by atomic mass is 16.2. The summed E-state index contributed by atoms with van der Waals surface area (Å²) in [6.07, 6.45) is 0. The van der Waals surface area contributed by atoms with Gasteiger partial charge in [-0.1, -0.05) is 13.8 Å². The molecule has 0 saturated carbocycles. The first kappa shape index (κ1) is 16.3. The van der Waals surface area contributed by atoms with Crippen molar-refractivity contribution in [1.82, 2.24) is 4.90 Å². The molecule has 0 heterocycles. The van der Waals surface area contributed by atoms with E-state index in [4.69, 9.17) is 5.73 Å². The lowest BCUT2D eigenvalue weighted by Gasteiger charge is -2.32. The van der Waals surface area contributed by atoms with E-state index in [0.717, 1.165) is 17.9 Å². The molecule has 0 bridgehead atoms. The molecule has 1 amide bonds. The number of benzene rings is 1. The number of nitrogens with zero attached hydrogens (tertiary/aromatic N) is 2. The van der Waals surface area contributed by atoms with E-state index >= 15 is 0 Å². The zero-order valence-electron chi connectivity index (χ0n) is 13.5. The van der Waals surface area contributed by atoms with Gasteiger partial charge in [0.05, 0.1) is 11.4 Å². The summed E-state index contributed by atoms with van der Waals surface area (Å²) in [6, 6.07) is 5.85. The van der Waals surface area contributed by atoms with Gasteiger partial charge in [0, 0.05) is 32.2 Å². The molecule has 0 saturated heterocycles. The minimum atomic E-state index is -0.000460. The number of amides is 1. The maximum atomic E-state index is 12.1. The molecule has 112 valence electrons. The summed E-state index contributed by atoms with van der Waals surface area (Å²) in [5.41, 5.74) is 8.45. The molecule has 0 radical (unpaired) electrons. The van der Waals surface area contributed by atoms with Crippen LogP contribution in [0.3, 0.4) is 0 Å². The highest BCUT2D eigenvalue weighted by Crippen LogP contribution is 2.27. The van der Waals surface area contributed by atoms with Gasteiger partial charge < -0.3 is 15.5 Å². The van der Waals surface area contributed by atoms with Crippen molar-refractivity contribution in [3.63, 3.8) is 0 Å². The first-order valence-corrected chi connectivity index (χ1v) is 7.11. The van der Waals surface area contributed by atoms with Gasteiger partial charge in [0.1, 0.15) is 0 Å². The molecule has 0 atom stereocenters. The quantitative estimate of drug-likeness (QED) is 0.842. The Labute approximate surface area is 122 Å². The molecule has 2 N–H and O–H groups in total. The molecule has 1 aromatic rings. The number of carbonyl (C=O) groups excluding carboxylic acids is 1. The van der Waals surface area contributed by atoms with Crippen molar-refractivity contribution in [2.24, 2.45) is 5.92 Å². The van der Waals surface area contributed by atoms with Crippen molar-refractivity contribution < 1.29 is 4.79 Å². The Morgan fingerprint density at radius 1 is 1.20 bits per heavy atom. The maximum absolute atomic E-state index is 12.1. The van der Waals surface area contributed by atoms with E-state index in [2.05, 4.69) is 32.6 Å². The first-order valence-electron chi connectivity index (χ1n) is 7.11. The van der Waals surface area contributed by atoms with E-state index in [0.29, 0.717) is 17.5 Å². The number of nitrogen functional groups attached to an aromatic ring is 1. The molecule has 1 aromatic carbocycles. The maximum Gasteiger partial charge on any atom is 0.253 e. The van der Waals surface area contributed by atoms with Crippen LogP contribution < -0.4 is 10.6 Å². The van der Waals surface area contributed by atoms with Gasteiger partial charge in [-0.2, -0.15) is 0 Å². The molecule has 1 rings (SSSR count). The highest BCUT2D eigenvalue weighted by Gasteiger charge is 2.17. The van der Waals surface area contributed by atoms with Crippen LogP contribution in [0.4, 0.5) is 11.4 Å². The van der Waals surface area contributed by atoms with Crippen molar-refractivity contribution in [2.75, 3.05) is 31.3 Å². The van der Waals surface area contributed by atoms with Gasteiger partial charge in [0.15, 0.2) is 0 Å². The number of hydrogen-bond donors (Lipinski definition) is 1. The summed E-state index contributed by atoms with van der Waals surface area (Å²) < 4.78 is 0. The predicted molar refractivity (Wildman–Crippen MR) is 86.2 cm³/mol. The molecule has 0 unspecified atom stereocenters. The van der Waals surface area contributed by atoms with Crippen molar-refractivity contribution >= 4 is 17.3 Å². The summed E-state index contributed by atoms with van der Waals surface area (Å²) in [5.74, 6) is 0.532. The second-order valence-electron chi connectivity index (χ2n) is 6.11. The Morgan fingerprint density at radius 3 is 2.25 bits per heavy atom. The normalized spacial score (nSPS) is 11.0. The zero-order chi connectivity index (χ0) is 15.4. The molecule has 0 spiro atoms. The molecular weight excluding hydrogens is 250 g/mol. The van der Waals surface area contributed by atoms with E-state index in [9.17, 15) is 4.79 Å². The third kappa shape index (κ3) is 3.89. The number of hydrogen-bond acceptors (Lipinski definition) is 3. The lowest BCUT2D eigenvalue weighted by molar-refractivity contribution is 0.0827. The summed E-state index contributed by atoms with van der Waals surface area (Å²) in [5, 5.41) is 0. The monoisotopic (exact) mass is 277 g/mol.